The van der Waals surface area contributed by atoms with E-state index in [-0.39, 0.29) is 18.5 Å². The first-order valence-corrected chi connectivity index (χ1v) is 6.18. The van der Waals surface area contributed by atoms with E-state index in [1.165, 1.54) is 18.2 Å². The number of carbonyl (C=O) groups excluding carboxylic acids is 1. The van der Waals surface area contributed by atoms with Crippen LogP contribution < -0.4 is 10.6 Å². The van der Waals surface area contributed by atoms with Crippen LogP contribution in [0.1, 0.15) is 24.5 Å². The second-order valence-corrected chi connectivity index (χ2v) is 4.28. The third kappa shape index (κ3) is 4.97. The van der Waals surface area contributed by atoms with Crippen LogP contribution in [0.5, 0.6) is 0 Å². The van der Waals surface area contributed by atoms with Crippen LogP contribution in [0.2, 0.25) is 0 Å². The molecule has 1 aromatic carbocycles. The Labute approximate surface area is 119 Å². The molecule has 0 saturated heterocycles. The number of amides is 2. The van der Waals surface area contributed by atoms with Gasteiger partial charge in [-0.2, -0.15) is 13.2 Å². The lowest BCUT2D eigenvalue weighted by atomic mass is 10.1. The van der Waals surface area contributed by atoms with Gasteiger partial charge in [0.15, 0.2) is 0 Å². The molecule has 0 fully saturated rings. The molecule has 0 saturated carbocycles. The average molecular weight is 304 g/mol. The predicted molar refractivity (Wildman–Crippen MR) is 68.5 cm³/mol. The molecule has 21 heavy (non-hydrogen) atoms. The molecule has 0 aromatic heterocycles. The molecule has 0 aliphatic carbocycles. The molecule has 0 unspecified atom stereocenters. The maximum atomic E-state index is 12.7. The number of carbonyl (C=O) groups is 2. The maximum Gasteiger partial charge on any atom is 0.416 e. The van der Waals surface area contributed by atoms with E-state index < -0.39 is 29.8 Å². The number of halogens is 3. The summed E-state index contributed by atoms with van der Waals surface area (Å²) >= 11 is 0. The van der Waals surface area contributed by atoms with E-state index in [0.717, 1.165) is 6.07 Å². The van der Waals surface area contributed by atoms with Crippen LogP contribution in [0.4, 0.5) is 18.0 Å². The van der Waals surface area contributed by atoms with Crippen LogP contribution in [0.25, 0.3) is 0 Å². The van der Waals surface area contributed by atoms with E-state index in [1.807, 2.05) is 0 Å². The van der Waals surface area contributed by atoms with Gasteiger partial charge in [0.2, 0.25) is 0 Å². The molecule has 116 valence electrons. The Hall–Kier alpha value is -2.25. The standard InChI is InChI=1S/C13H15F3N2O3/c1-2-10(11(19)20)18-12(21)17-7-8-5-3-4-6-9(8)13(14,15)16/h3-6,10H,2,7H2,1H3,(H,19,20)(H2,17,18,21)/t10-/m1/s1. The second kappa shape index (κ2) is 6.96. The molecule has 8 heteroatoms. The number of alkyl halides is 3. The summed E-state index contributed by atoms with van der Waals surface area (Å²) in [6.07, 6.45) is -4.34. The summed E-state index contributed by atoms with van der Waals surface area (Å²) < 4.78 is 38.2. The number of carboxylic acid groups (broad SMARTS) is 1. The zero-order chi connectivity index (χ0) is 16.0. The number of aliphatic carboxylic acids is 1. The van der Waals surface area contributed by atoms with Crippen molar-refractivity contribution in [1.29, 1.82) is 0 Å². The van der Waals surface area contributed by atoms with Crippen molar-refractivity contribution >= 4 is 12.0 Å². The van der Waals surface area contributed by atoms with Crippen molar-refractivity contribution in [1.82, 2.24) is 10.6 Å². The Morgan fingerprint density at radius 3 is 2.43 bits per heavy atom. The van der Waals surface area contributed by atoms with Gasteiger partial charge in [0.05, 0.1) is 5.56 Å². The Kier molecular flexibility index (Phi) is 5.57. The fourth-order valence-electron chi connectivity index (χ4n) is 1.67. The third-order valence-corrected chi connectivity index (χ3v) is 2.77. The van der Waals surface area contributed by atoms with Gasteiger partial charge in [-0.15, -0.1) is 0 Å². The second-order valence-electron chi connectivity index (χ2n) is 4.28. The molecule has 3 N–H and O–H groups in total. The van der Waals surface area contributed by atoms with Crippen molar-refractivity contribution in [3.8, 4) is 0 Å². The molecule has 0 radical (unpaired) electrons. The average Bonchev–Trinajstić information content (AvgIpc) is 2.41. The maximum absolute atomic E-state index is 12.7. The predicted octanol–water partition coefficient (Wildman–Crippen LogP) is 2.37. The fraction of sp³-hybridized carbons (Fsp3) is 0.385. The summed E-state index contributed by atoms with van der Waals surface area (Å²) in [5, 5.41) is 13.1. The van der Waals surface area contributed by atoms with Gasteiger partial charge in [-0.05, 0) is 18.1 Å². The topological polar surface area (TPSA) is 78.4 Å². The highest BCUT2D eigenvalue weighted by molar-refractivity contribution is 5.82. The first kappa shape index (κ1) is 16.8. The van der Waals surface area contributed by atoms with Crippen LogP contribution in [-0.4, -0.2) is 23.1 Å². The summed E-state index contributed by atoms with van der Waals surface area (Å²) in [6, 6.07) is 2.93. The van der Waals surface area contributed by atoms with Gasteiger partial charge < -0.3 is 15.7 Å². The minimum absolute atomic E-state index is 0.0940. The number of hydrogen-bond donors (Lipinski definition) is 3. The van der Waals surface area contributed by atoms with Gasteiger partial charge >= 0.3 is 18.2 Å². The molecule has 1 rings (SSSR count). The normalized spacial score (nSPS) is 12.6. The van der Waals surface area contributed by atoms with Crippen molar-refractivity contribution < 1.29 is 27.9 Å². The molecule has 0 heterocycles. The van der Waals surface area contributed by atoms with E-state index in [4.69, 9.17) is 5.11 Å². The van der Waals surface area contributed by atoms with E-state index in [0.29, 0.717) is 0 Å². The van der Waals surface area contributed by atoms with Crippen LogP contribution in [0, 0.1) is 0 Å². The Morgan fingerprint density at radius 2 is 1.90 bits per heavy atom. The molecule has 0 aliphatic rings. The summed E-state index contributed by atoms with van der Waals surface area (Å²) in [5.74, 6) is -1.21. The summed E-state index contributed by atoms with van der Waals surface area (Å²) in [7, 11) is 0. The van der Waals surface area contributed by atoms with Gasteiger partial charge in [-0.1, -0.05) is 25.1 Å². The summed E-state index contributed by atoms with van der Waals surface area (Å²) in [6.45, 7) is 1.22. The zero-order valence-electron chi connectivity index (χ0n) is 11.2. The van der Waals surface area contributed by atoms with Crippen molar-refractivity contribution in [2.24, 2.45) is 0 Å². The molecular weight excluding hydrogens is 289 g/mol. The highest BCUT2D eigenvalue weighted by atomic mass is 19.4. The minimum Gasteiger partial charge on any atom is -0.480 e. The fourth-order valence-corrected chi connectivity index (χ4v) is 1.67. The van der Waals surface area contributed by atoms with E-state index in [1.54, 1.807) is 6.92 Å². The van der Waals surface area contributed by atoms with Gasteiger partial charge in [0.1, 0.15) is 6.04 Å². The largest absolute Gasteiger partial charge is 0.480 e. The molecule has 1 atom stereocenters. The number of carboxylic acids is 1. The van der Waals surface area contributed by atoms with E-state index >= 15 is 0 Å². The number of urea groups is 1. The van der Waals surface area contributed by atoms with Crippen molar-refractivity contribution in [3.05, 3.63) is 35.4 Å². The lowest BCUT2D eigenvalue weighted by Gasteiger charge is -2.15. The van der Waals surface area contributed by atoms with Crippen molar-refractivity contribution in [3.63, 3.8) is 0 Å². The molecule has 5 nitrogen and oxygen atoms in total. The minimum atomic E-state index is -4.51. The van der Waals surface area contributed by atoms with Gasteiger partial charge in [0.25, 0.3) is 0 Å². The molecule has 1 aromatic rings. The molecule has 0 spiro atoms. The lowest BCUT2D eigenvalue weighted by Crippen LogP contribution is -2.45. The van der Waals surface area contributed by atoms with Crippen LogP contribution >= 0.6 is 0 Å². The Morgan fingerprint density at radius 1 is 1.29 bits per heavy atom. The summed E-state index contributed by atoms with van der Waals surface area (Å²) in [4.78, 5) is 22.2. The third-order valence-electron chi connectivity index (χ3n) is 2.77. The van der Waals surface area contributed by atoms with Crippen LogP contribution in [-0.2, 0) is 17.5 Å². The number of benzene rings is 1. The molecule has 2 amide bonds. The van der Waals surface area contributed by atoms with Crippen molar-refractivity contribution in [2.75, 3.05) is 0 Å². The number of nitrogens with one attached hydrogen (secondary N) is 2. The van der Waals surface area contributed by atoms with Gasteiger partial charge in [-0.3, -0.25) is 0 Å². The molecular formula is C13H15F3N2O3. The molecule has 0 bridgehead atoms. The monoisotopic (exact) mass is 304 g/mol. The first-order chi connectivity index (χ1) is 9.75. The Bertz CT molecular complexity index is 518. The van der Waals surface area contributed by atoms with E-state index in [2.05, 4.69) is 10.6 Å². The lowest BCUT2D eigenvalue weighted by molar-refractivity contribution is -0.139. The SMILES string of the molecule is CC[C@@H](NC(=O)NCc1ccccc1C(F)(F)F)C(=O)O. The first-order valence-electron chi connectivity index (χ1n) is 6.18. The highest BCUT2D eigenvalue weighted by Crippen LogP contribution is 2.31. The quantitative estimate of drug-likeness (QED) is 0.781. The Balaban J connectivity index is 2.68. The zero-order valence-corrected chi connectivity index (χ0v) is 11.2. The number of rotatable bonds is 5. The highest BCUT2D eigenvalue weighted by Gasteiger charge is 2.32. The number of hydrogen-bond acceptors (Lipinski definition) is 2. The van der Waals surface area contributed by atoms with Crippen LogP contribution in [0.15, 0.2) is 24.3 Å². The smallest absolute Gasteiger partial charge is 0.416 e. The van der Waals surface area contributed by atoms with Crippen LogP contribution in [0.3, 0.4) is 0 Å². The van der Waals surface area contributed by atoms with E-state index in [9.17, 15) is 22.8 Å². The van der Waals surface area contributed by atoms with Crippen molar-refractivity contribution in [2.45, 2.75) is 32.1 Å². The van der Waals surface area contributed by atoms with Gasteiger partial charge in [0, 0.05) is 6.54 Å². The summed E-state index contributed by atoms with van der Waals surface area (Å²) in [5.41, 5.74) is -0.931. The molecule has 0 aliphatic heterocycles. The van der Waals surface area contributed by atoms with Gasteiger partial charge in [-0.25, -0.2) is 9.59 Å².